The fraction of sp³-hybridized carbons (Fsp3) is 0.300. The summed E-state index contributed by atoms with van der Waals surface area (Å²) in [5.41, 5.74) is 3.42. The van der Waals surface area contributed by atoms with Gasteiger partial charge in [-0.2, -0.15) is 4.99 Å². The molecule has 0 aliphatic carbocycles. The van der Waals surface area contributed by atoms with Gasteiger partial charge in [-0.3, -0.25) is 0 Å². The number of hydrogen-bond acceptors (Lipinski definition) is 3. The minimum absolute atomic E-state index is 0.958. The van der Waals surface area contributed by atoms with Crippen LogP contribution in [-0.2, 0) is 6.42 Å². The molecule has 0 radical (unpaired) electrons. The third-order valence-corrected chi connectivity index (χ3v) is 2.33. The molecule has 3 heteroatoms. The summed E-state index contributed by atoms with van der Waals surface area (Å²) in [7, 11) is 0. The molecule has 0 saturated carbocycles. The highest BCUT2D eigenvalue weighted by atomic mass is 32.1. The standard InChI is InChI=1S/C10H10N2S/c13-7-12-10-5-1-4-9-8(10)3-2-6-11-9/h1,4-5,11H,2-3,6H2. The molecule has 66 valence electrons. The fourth-order valence-electron chi connectivity index (χ4n) is 1.65. The number of benzene rings is 1. The van der Waals surface area contributed by atoms with Crippen LogP contribution in [0.2, 0.25) is 0 Å². The van der Waals surface area contributed by atoms with Crippen LogP contribution >= 0.6 is 12.2 Å². The zero-order chi connectivity index (χ0) is 9.10. The molecule has 1 aliphatic heterocycles. The Balaban J connectivity index is 2.51. The number of nitrogens with one attached hydrogen (secondary N) is 1. The van der Waals surface area contributed by atoms with Gasteiger partial charge >= 0.3 is 0 Å². The summed E-state index contributed by atoms with van der Waals surface area (Å²) in [5.74, 6) is 0. The van der Waals surface area contributed by atoms with Crippen LogP contribution in [0.25, 0.3) is 0 Å². The maximum atomic E-state index is 4.60. The van der Waals surface area contributed by atoms with Gasteiger partial charge < -0.3 is 5.32 Å². The third kappa shape index (κ3) is 1.62. The van der Waals surface area contributed by atoms with Crippen LogP contribution in [0.1, 0.15) is 12.0 Å². The van der Waals surface area contributed by atoms with E-state index >= 15 is 0 Å². The Hall–Kier alpha value is -1.18. The molecule has 0 bridgehead atoms. The second kappa shape index (κ2) is 3.69. The molecule has 0 atom stereocenters. The van der Waals surface area contributed by atoms with Gasteiger partial charge in [0.2, 0.25) is 0 Å². The summed E-state index contributed by atoms with van der Waals surface area (Å²) in [6.45, 7) is 1.05. The second-order valence-corrected chi connectivity index (χ2v) is 3.22. The van der Waals surface area contributed by atoms with Crippen LogP contribution in [0.3, 0.4) is 0 Å². The number of nitrogens with zero attached hydrogens (tertiary/aromatic N) is 1. The van der Waals surface area contributed by atoms with Gasteiger partial charge in [0.05, 0.1) is 10.8 Å². The van der Waals surface area contributed by atoms with Crippen molar-refractivity contribution in [2.45, 2.75) is 12.8 Å². The Morgan fingerprint density at radius 2 is 2.38 bits per heavy atom. The molecule has 0 amide bonds. The van der Waals surface area contributed by atoms with Crippen molar-refractivity contribution in [3.05, 3.63) is 23.8 Å². The molecule has 0 aromatic heterocycles. The number of anilines is 1. The Kier molecular flexibility index (Phi) is 2.39. The van der Waals surface area contributed by atoms with E-state index in [9.17, 15) is 0 Å². The van der Waals surface area contributed by atoms with Gasteiger partial charge in [-0.25, -0.2) is 0 Å². The maximum absolute atomic E-state index is 4.60. The third-order valence-electron chi connectivity index (χ3n) is 2.24. The molecule has 1 aromatic carbocycles. The molecule has 1 aromatic rings. The van der Waals surface area contributed by atoms with Crippen LogP contribution in [0, 0.1) is 0 Å². The van der Waals surface area contributed by atoms with Crippen molar-refractivity contribution in [1.82, 2.24) is 0 Å². The maximum Gasteiger partial charge on any atom is 0.0792 e. The lowest BCUT2D eigenvalue weighted by Gasteiger charge is -2.18. The highest BCUT2D eigenvalue weighted by Gasteiger charge is 2.10. The van der Waals surface area contributed by atoms with Gasteiger partial charge in [0.15, 0.2) is 0 Å². The van der Waals surface area contributed by atoms with Crippen molar-refractivity contribution in [2.24, 2.45) is 4.99 Å². The topological polar surface area (TPSA) is 24.4 Å². The summed E-state index contributed by atoms with van der Waals surface area (Å²) in [4.78, 5) is 4.04. The van der Waals surface area contributed by atoms with Crippen LogP contribution < -0.4 is 5.32 Å². The summed E-state index contributed by atoms with van der Waals surface area (Å²) in [6.07, 6.45) is 2.25. The van der Waals surface area contributed by atoms with Crippen molar-refractivity contribution in [1.29, 1.82) is 0 Å². The first-order chi connectivity index (χ1) is 6.42. The molecule has 0 unspecified atom stereocenters. The minimum atomic E-state index is 0.958. The first-order valence-electron chi connectivity index (χ1n) is 4.35. The summed E-state index contributed by atoms with van der Waals surface area (Å²) in [6, 6.07) is 6.05. The molecule has 1 aliphatic rings. The summed E-state index contributed by atoms with van der Waals surface area (Å²) in [5, 5.41) is 5.75. The lowest BCUT2D eigenvalue weighted by Crippen LogP contribution is -2.11. The molecule has 0 spiro atoms. The smallest absolute Gasteiger partial charge is 0.0792 e. The Labute approximate surface area is 82.7 Å². The van der Waals surface area contributed by atoms with Crippen molar-refractivity contribution >= 4 is 28.8 Å². The highest BCUT2D eigenvalue weighted by molar-refractivity contribution is 7.78. The quantitative estimate of drug-likeness (QED) is 0.544. The van der Waals surface area contributed by atoms with E-state index in [-0.39, 0.29) is 0 Å². The lowest BCUT2D eigenvalue weighted by atomic mass is 10.0. The average molecular weight is 190 g/mol. The van der Waals surface area contributed by atoms with Crippen molar-refractivity contribution in [3.8, 4) is 0 Å². The molecule has 0 saturated heterocycles. The second-order valence-electron chi connectivity index (χ2n) is 3.04. The molecule has 2 nitrogen and oxygen atoms in total. The predicted molar refractivity (Wildman–Crippen MR) is 57.9 cm³/mol. The van der Waals surface area contributed by atoms with Crippen LogP contribution in [0.5, 0.6) is 0 Å². The Morgan fingerprint density at radius 1 is 1.46 bits per heavy atom. The number of rotatable bonds is 1. The van der Waals surface area contributed by atoms with Crippen LogP contribution in [0.4, 0.5) is 11.4 Å². The zero-order valence-electron chi connectivity index (χ0n) is 7.21. The van der Waals surface area contributed by atoms with E-state index in [1.165, 1.54) is 11.3 Å². The number of aliphatic imine (C=N–C) groups is 1. The van der Waals surface area contributed by atoms with E-state index < -0.39 is 0 Å². The lowest BCUT2D eigenvalue weighted by molar-refractivity contribution is 0.831. The van der Waals surface area contributed by atoms with Crippen molar-refractivity contribution < 1.29 is 0 Å². The molecule has 0 fully saturated rings. The average Bonchev–Trinajstić information content (AvgIpc) is 2.19. The molecule has 1 heterocycles. The molecule has 1 N–H and O–H groups in total. The normalized spacial score (nSPS) is 13.8. The van der Waals surface area contributed by atoms with Gasteiger partial charge in [0.1, 0.15) is 0 Å². The van der Waals surface area contributed by atoms with Crippen LogP contribution in [0.15, 0.2) is 23.2 Å². The van der Waals surface area contributed by atoms with E-state index in [2.05, 4.69) is 33.8 Å². The van der Waals surface area contributed by atoms with E-state index in [1.807, 2.05) is 12.1 Å². The van der Waals surface area contributed by atoms with E-state index in [0.717, 1.165) is 25.1 Å². The van der Waals surface area contributed by atoms with Gasteiger partial charge in [-0.15, -0.1) is 0 Å². The van der Waals surface area contributed by atoms with E-state index in [0.29, 0.717) is 0 Å². The SMILES string of the molecule is S=C=Nc1cccc2c1CCCN2. The minimum Gasteiger partial charge on any atom is -0.385 e. The fourth-order valence-corrected chi connectivity index (χ4v) is 1.74. The van der Waals surface area contributed by atoms with Gasteiger partial charge in [-0.05, 0) is 37.2 Å². The Morgan fingerprint density at radius 3 is 3.23 bits per heavy atom. The van der Waals surface area contributed by atoms with Crippen LogP contribution in [-0.4, -0.2) is 11.7 Å². The first-order valence-corrected chi connectivity index (χ1v) is 4.76. The Bertz CT molecular complexity index is 367. The zero-order valence-corrected chi connectivity index (χ0v) is 8.03. The monoisotopic (exact) mass is 190 g/mol. The van der Waals surface area contributed by atoms with Gasteiger partial charge in [-0.1, -0.05) is 6.07 Å². The largest absolute Gasteiger partial charge is 0.385 e. The van der Waals surface area contributed by atoms with E-state index in [1.54, 1.807) is 0 Å². The summed E-state index contributed by atoms with van der Waals surface area (Å²) >= 11 is 4.60. The summed E-state index contributed by atoms with van der Waals surface area (Å²) < 4.78 is 0. The van der Waals surface area contributed by atoms with Crippen molar-refractivity contribution in [3.63, 3.8) is 0 Å². The van der Waals surface area contributed by atoms with Crippen molar-refractivity contribution in [2.75, 3.05) is 11.9 Å². The highest BCUT2D eigenvalue weighted by Crippen LogP contribution is 2.30. The first kappa shape index (κ1) is 8.42. The predicted octanol–water partition coefficient (Wildman–Crippen LogP) is 2.78. The molecular weight excluding hydrogens is 180 g/mol. The number of hydrogen-bond donors (Lipinski definition) is 1. The number of thiocarbonyl (C=S) groups is 1. The molecule has 13 heavy (non-hydrogen) atoms. The van der Waals surface area contributed by atoms with Gasteiger partial charge in [0, 0.05) is 17.8 Å². The molecule has 2 rings (SSSR count). The number of fused-ring (bicyclic) bond motifs is 1. The van der Waals surface area contributed by atoms with Gasteiger partial charge in [0.25, 0.3) is 0 Å². The van der Waals surface area contributed by atoms with E-state index in [4.69, 9.17) is 0 Å². The number of isothiocyanates is 1. The molecular formula is C10H10N2S.